The summed E-state index contributed by atoms with van der Waals surface area (Å²) in [5.41, 5.74) is 0.910. The number of nitrogens with one attached hydrogen (secondary N) is 1. The van der Waals surface area contributed by atoms with Gasteiger partial charge in [-0.05, 0) is 63.9 Å². The van der Waals surface area contributed by atoms with Gasteiger partial charge in [0.25, 0.3) is 0 Å². The molecule has 1 aromatic rings. The van der Waals surface area contributed by atoms with Crippen molar-refractivity contribution in [2.45, 2.75) is 39.2 Å². The number of piperidine rings is 1. The highest BCUT2D eigenvalue weighted by molar-refractivity contribution is 5.74. The zero-order valence-electron chi connectivity index (χ0n) is 14.7. The number of rotatable bonds is 6. The van der Waals surface area contributed by atoms with Gasteiger partial charge in [-0.25, -0.2) is 4.79 Å². The van der Waals surface area contributed by atoms with Crippen molar-refractivity contribution in [2.75, 3.05) is 33.2 Å². The average molecular weight is 318 g/mol. The minimum absolute atomic E-state index is 0.0280. The Morgan fingerprint density at radius 1 is 1.43 bits per heavy atom. The van der Waals surface area contributed by atoms with Crippen molar-refractivity contribution in [1.82, 2.24) is 20.1 Å². The molecule has 2 rings (SSSR count). The van der Waals surface area contributed by atoms with Gasteiger partial charge in [-0.3, -0.25) is 4.98 Å². The molecule has 5 heteroatoms. The van der Waals surface area contributed by atoms with E-state index in [4.69, 9.17) is 0 Å². The maximum absolute atomic E-state index is 12.2. The zero-order chi connectivity index (χ0) is 16.7. The van der Waals surface area contributed by atoms with E-state index in [0.29, 0.717) is 0 Å². The lowest BCUT2D eigenvalue weighted by atomic mass is 9.99. The third-order valence-electron chi connectivity index (χ3n) is 4.82. The predicted molar refractivity (Wildman–Crippen MR) is 93.3 cm³/mol. The first-order valence-corrected chi connectivity index (χ1v) is 8.72. The van der Waals surface area contributed by atoms with E-state index in [-0.39, 0.29) is 12.1 Å². The zero-order valence-corrected chi connectivity index (χ0v) is 14.7. The van der Waals surface area contributed by atoms with Gasteiger partial charge in [-0.2, -0.15) is 0 Å². The Balaban J connectivity index is 1.66. The quantitative estimate of drug-likeness (QED) is 0.821. The Morgan fingerprint density at radius 2 is 2.17 bits per heavy atom. The Bertz CT molecular complexity index is 471. The van der Waals surface area contributed by atoms with Gasteiger partial charge in [0.1, 0.15) is 0 Å². The summed E-state index contributed by atoms with van der Waals surface area (Å²) in [5, 5.41) is 3.01. The summed E-state index contributed by atoms with van der Waals surface area (Å²) >= 11 is 0. The van der Waals surface area contributed by atoms with Crippen molar-refractivity contribution in [1.29, 1.82) is 0 Å². The molecule has 1 N–H and O–H groups in total. The van der Waals surface area contributed by atoms with Gasteiger partial charge in [0.05, 0.1) is 11.7 Å². The summed E-state index contributed by atoms with van der Waals surface area (Å²) in [7, 11) is 1.82. The fourth-order valence-electron chi connectivity index (χ4n) is 2.91. The van der Waals surface area contributed by atoms with Gasteiger partial charge in [-0.15, -0.1) is 0 Å². The highest BCUT2D eigenvalue weighted by atomic mass is 16.2. The van der Waals surface area contributed by atoms with E-state index in [1.165, 1.54) is 25.9 Å². The molecule has 1 saturated heterocycles. The first-order valence-electron chi connectivity index (χ1n) is 8.72. The van der Waals surface area contributed by atoms with Crippen LogP contribution in [0.2, 0.25) is 0 Å². The molecular formula is C18H30N4O. The van der Waals surface area contributed by atoms with E-state index in [9.17, 15) is 4.79 Å². The molecule has 1 aliphatic rings. The second kappa shape index (κ2) is 8.87. The standard InChI is InChI=1S/C18H30N4O/c1-15-8-13-22(14-9-15)12-6-11-20-18(23)21(3)16(2)17-7-4-5-10-19-17/h4-5,7,10,15-16H,6,8-9,11-14H2,1-3H3,(H,20,23). The van der Waals surface area contributed by atoms with E-state index in [1.54, 1.807) is 11.1 Å². The Hall–Kier alpha value is -1.62. The summed E-state index contributed by atoms with van der Waals surface area (Å²) in [6.45, 7) is 8.53. The molecule has 1 fully saturated rings. The van der Waals surface area contributed by atoms with Crippen molar-refractivity contribution < 1.29 is 4.79 Å². The van der Waals surface area contributed by atoms with Gasteiger partial charge in [0.2, 0.25) is 0 Å². The molecular weight excluding hydrogens is 288 g/mol. The molecule has 0 radical (unpaired) electrons. The second-order valence-corrected chi connectivity index (χ2v) is 6.65. The fraction of sp³-hybridized carbons (Fsp3) is 0.667. The number of nitrogens with zero attached hydrogens (tertiary/aromatic N) is 3. The van der Waals surface area contributed by atoms with E-state index in [2.05, 4.69) is 22.1 Å². The van der Waals surface area contributed by atoms with Gasteiger partial charge in [0.15, 0.2) is 0 Å². The van der Waals surface area contributed by atoms with Crippen molar-refractivity contribution in [3.63, 3.8) is 0 Å². The molecule has 0 aromatic carbocycles. The van der Waals surface area contributed by atoms with E-state index < -0.39 is 0 Å². The lowest BCUT2D eigenvalue weighted by Gasteiger charge is -2.30. The maximum Gasteiger partial charge on any atom is 0.317 e. The van der Waals surface area contributed by atoms with Gasteiger partial charge in [0, 0.05) is 19.8 Å². The lowest BCUT2D eigenvalue weighted by molar-refractivity contribution is 0.183. The van der Waals surface area contributed by atoms with Crippen LogP contribution in [0.4, 0.5) is 4.79 Å². The maximum atomic E-state index is 12.2. The summed E-state index contributed by atoms with van der Waals surface area (Å²) in [5.74, 6) is 0.868. The van der Waals surface area contributed by atoms with Crippen molar-refractivity contribution in [3.05, 3.63) is 30.1 Å². The number of amides is 2. The molecule has 1 aromatic heterocycles. The molecule has 2 heterocycles. The summed E-state index contributed by atoms with van der Waals surface area (Å²) in [6.07, 6.45) is 5.37. The Kier molecular flexibility index (Phi) is 6.84. The number of hydrogen-bond donors (Lipinski definition) is 1. The van der Waals surface area contributed by atoms with Gasteiger partial charge < -0.3 is 15.1 Å². The Labute approximate surface area is 140 Å². The van der Waals surface area contributed by atoms with Crippen molar-refractivity contribution >= 4 is 6.03 Å². The molecule has 0 spiro atoms. The van der Waals surface area contributed by atoms with Crippen molar-refractivity contribution in [2.24, 2.45) is 5.92 Å². The normalized spacial score (nSPS) is 17.7. The number of likely N-dealkylation sites (tertiary alicyclic amines) is 1. The number of urea groups is 1. The number of carbonyl (C=O) groups is 1. The third kappa shape index (κ3) is 5.50. The molecule has 0 bridgehead atoms. The molecule has 128 valence electrons. The molecule has 2 amide bonds. The smallest absolute Gasteiger partial charge is 0.317 e. The first-order chi connectivity index (χ1) is 11.1. The molecule has 1 atom stereocenters. The van der Waals surface area contributed by atoms with Crippen LogP contribution in [-0.2, 0) is 0 Å². The van der Waals surface area contributed by atoms with Crippen LogP contribution >= 0.6 is 0 Å². The summed E-state index contributed by atoms with van der Waals surface area (Å²) < 4.78 is 0. The van der Waals surface area contributed by atoms with Gasteiger partial charge >= 0.3 is 6.03 Å². The first kappa shape index (κ1) is 17.7. The largest absolute Gasteiger partial charge is 0.338 e. The van der Waals surface area contributed by atoms with Gasteiger partial charge in [-0.1, -0.05) is 13.0 Å². The lowest BCUT2D eigenvalue weighted by Crippen LogP contribution is -2.40. The van der Waals surface area contributed by atoms with E-state index >= 15 is 0 Å². The van der Waals surface area contributed by atoms with Crippen LogP contribution in [0.5, 0.6) is 0 Å². The van der Waals surface area contributed by atoms with Crippen LogP contribution in [0.25, 0.3) is 0 Å². The van der Waals surface area contributed by atoms with Crippen LogP contribution < -0.4 is 5.32 Å². The van der Waals surface area contributed by atoms with E-state index in [1.807, 2.05) is 32.2 Å². The number of carbonyl (C=O) groups excluding carboxylic acids is 1. The van der Waals surface area contributed by atoms with Crippen LogP contribution in [0, 0.1) is 5.92 Å². The highest BCUT2D eigenvalue weighted by Crippen LogP contribution is 2.16. The summed E-state index contributed by atoms with van der Waals surface area (Å²) in [4.78, 5) is 20.8. The van der Waals surface area contributed by atoms with Crippen LogP contribution in [-0.4, -0.2) is 54.0 Å². The molecule has 0 aliphatic carbocycles. The Morgan fingerprint density at radius 3 is 2.83 bits per heavy atom. The van der Waals surface area contributed by atoms with E-state index in [0.717, 1.165) is 31.1 Å². The number of aromatic nitrogens is 1. The number of pyridine rings is 1. The monoisotopic (exact) mass is 318 g/mol. The molecule has 0 saturated carbocycles. The molecule has 1 aliphatic heterocycles. The fourth-order valence-corrected chi connectivity index (χ4v) is 2.91. The SMILES string of the molecule is CC1CCN(CCCNC(=O)N(C)C(C)c2ccccn2)CC1. The van der Waals surface area contributed by atoms with Crippen LogP contribution in [0.3, 0.4) is 0 Å². The van der Waals surface area contributed by atoms with Crippen molar-refractivity contribution in [3.8, 4) is 0 Å². The molecule has 5 nitrogen and oxygen atoms in total. The topological polar surface area (TPSA) is 48.5 Å². The number of hydrogen-bond acceptors (Lipinski definition) is 3. The minimum atomic E-state index is -0.0320. The predicted octanol–water partition coefficient (Wildman–Crippen LogP) is 2.91. The molecule has 1 unspecified atom stereocenters. The van der Waals surface area contributed by atoms with Crippen LogP contribution in [0.15, 0.2) is 24.4 Å². The van der Waals surface area contributed by atoms with Crippen LogP contribution in [0.1, 0.15) is 44.8 Å². The summed E-state index contributed by atoms with van der Waals surface area (Å²) in [6, 6.07) is 5.73. The average Bonchev–Trinajstić information content (AvgIpc) is 2.59. The minimum Gasteiger partial charge on any atom is -0.338 e. The highest BCUT2D eigenvalue weighted by Gasteiger charge is 2.18. The third-order valence-corrected chi connectivity index (χ3v) is 4.82. The second-order valence-electron chi connectivity index (χ2n) is 6.65. The molecule has 23 heavy (non-hydrogen) atoms.